The first-order chi connectivity index (χ1) is 9.60. The van der Waals surface area contributed by atoms with Gasteiger partial charge < -0.3 is 5.32 Å². The maximum Gasteiger partial charge on any atom is 0.124 e. The molecule has 2 aromatic carbocycles. The Morgan fingerprint density at radius 3 is 2.60 bits per heavy atom. The standard InChI is InChI=1S/C16H16Cl2FN/c1-2-20-16(12-4-3-5-13(17)8-12)9-11-6-7-14(19)10-15(11)18/h3-8,10,16,20H,2,9H2,1H3. The minimum absolute atomic E-state index is 0.0988. The summed E-state index contributed by atoms with van der Waals surface area (Å²) in [6.07, 6.45) is 0.688. The normalized spacial score (nSPS) is 12.4. The van der Waals surface area contributed by atoms with Crippen LogP contribution in [0.15, 0.2) is 42.5 Å². The van der Waals surface area contributed by atoms with Crippen LogP contribution in [0.4, 0.5) is 4.39 Å². The average molecular weight is 312 g/mol. The molecule has 0 saturated carbocycles. The summed E-state index contributed by atoms with van der Waals surface area (Å²) in [5.41, 5.74) is 2.01. The van der Waals surface area contributed by atoms with Gasteiger partial charge in [0.15, 0.2) is 0 Å². The van der Waals surface area contributed by atoms with Crippen molar-refractivity contribution in [2.24, 2.45) is 0 Å². The zero-order chi connectivity index (χ0) is 14.5. The van der Waals surface area contributed by atoms with Crippen molar-refractivity contribution < 1.29 is 4.39 Å². The predicted octanol–water partition coefficient (Wildman–Crippen LogP) is 5.03. The van der Waals surface area contributed by atoms with Gasteiger partial charge in [0.05, 0.1) is 0 Å². The van der Waals surface area contributed by atoms with Gasteiger partial charge in [0.25, 0.3) is 0 Å². The fourth-order valence-corrected chi connectivity index (χ4v) is 2.63. The molecule has 0 aliphatic carbocycles. The number of hydrogen-bond donors (Lipinski definition) is 1. The van der Waals surface area contributed by atoms with E-state index in [2.05, 4.69) is 5.32 Å². The first kappa shape index (κ1) is 15.3. The van der Waals surface area contributed by atoms with Gasteiger partial charge in [0.2, 0.25) is 0 Å². The van der Waals surface area contributed by atoms with Crippen molar-refractivity contribution in [2.75, 3.05) is 6.54 Å². The summed E-state index contributed by atoms with van der Waals surface area (Å²) in [4.78, 5) is 0. The van der Waals surface area contributed by atoms with E-state index in [1.807, 2.05) is 31.2 Å². The van der Waals surface area contributed by atoms with Gasteiger partial charge in [-0.2, -0.15) is 0 Å². The Hall–Kier alpha value is -1.09. The van der Waals surface area contributed by atoms with Gasteiger partial charge in [-0.3, -0.25) is 0 Å². The third-order valence-electron chi connectivity index (χ3n) is 3.14. The van der Waals surface area contributed by atoms with Crippen LogP contribution in [0, 0.1) is 5.82 Å². The van der Waals surface area contributed by atoms with Gasteiger partial charge in [0, 0.05) is 16.1 Å². The highest BCUT2D eigenvalue weighted by Crippen LogP contribution is 2.25. The van der Waals surface area contributed by atoms with E-state index in [1.54, 1.807) is 6.07 Å². The molecule has 0 aromatic heterocycles. The van der Waals surface area contributed by atoms with Crippen LogP contribution in [0.1, 0.15) is 24.1 Å². The van der Waals surface area contributed by atoms with Crippen molar-refractivity contribution in [3.63, 3.8) is 0 Å². The SMILES string of the molecule is CCNC(Cc1ccc(F)cc1Cl)c1cccc(Cl)c1. The molecule has 0 saturated heterocycles. The van der Waals surface area contributed by atoms with Crippen molar-refractivity contribution in [1.82, 2.24) is 5.32 Å². The molecule has 0 radical (unpaired) electrons. The van der Waals surface area contributed by atoms with Crippen LogP contribution in [0.25, 0.3) is 0 Å². The molecule has 0 bridgehead atoms. The molecule has 1 N–H and O–H groups in total. The van der Waals surface area contributed by atoms with Crippen molar-refractivity contribution in [2.45, 2.75) is 19.4 Å². The van der Waals surface area contributed by atoms with E-state index in [0.29, 0.717) is 16.5 Å². The van der Waals surface area contributed by atoms with Gasteiger partial charge in [-0.25, -0.2) is 4.39 Å². The van der Waals surface area contributed by atoms with Crippen LogP contribution in [0.3, 0.4) is 0 Å². The lowest BCUT2D eigenvalue weighted by molar-refractivity contribution is 0.549. The second-order valence-electron chi connectivity index (χ2n) is 4.61. The molecule has 1 unspecified atom stereocenters. The molecular weight excluding hydrogens is 296 g/mol. The van der Waals surface area contributed by atoms with Crippen LogP contribution < -0.4 is 5.32 Å². The molecule has 0 spiro atoms. The quantitative estimate of drug-likeness (QED) is 0.817. The first-order valence-electron chi connectivity index (χ1n) is 6.53. The largest absolute Gasteiger partial charge is 0.310 e. The number of benzene rings is 2. The Bertz CT molecular complexity index is 586. The lowest BCUT2D eigenvalue weighted by Crippen LogP contribution is -2.23. The van der Waals surface area contributed by atoms with Gasteiger partial charge in [-0.05, 0) is 48.4 Å². The van der Waals surface area contributed by atoms with Crippen LogP contribution in [-0.2, 0) is 6.42 Å². The maximum atomic E-state index is 13.1. The molecule has 0 heterocycles. The lowest BCUT2D eigenvalue weighted by Gasteiger charge is -2.19. The molecule has 0 aliphatic heterocycles. The van der Waals surface area contributed by atoms with Gasteiger partial charge in [-0.1, -0.05) is 48.3 Å². The summed E-state index contributed by atoms with van der Waals surface area (Å²) in [6.45, 7) is 2.87. The van der Waals surface area contributed by atoms with E-state index in [0.717, 1.165) is 17.7 Å². The monoisotopic (exact) mass is 311 g/mol. The molecule has 4 heteroatoms. The highest BCUT2D eigenvalue weighted by Gasteiger charge is 2.13. The minimum Gasteiger partial charge on any atom is -0.310 e. The Morgan fingerprint density at radius 1 is 1.15 bits per heavy atom. The summed E-state index contributed by atoms with van der Waals surface area (Å²) >= 11 is 12.1. The number of hydrogen-bond acceptors (Lipinski definition) is 1. The fraction of sp³-hybridized carbons (Fsp3) is 0.250. The second kappa shape index (κ2) is 7.07. The Balaban J connectivity index is 2.25. The van der Waals surface area contributed by atoms with Crippen LogP contribution in [0.2, 0.25) is 10.0 Å². The van der Waals surface area contributed by atoms with E-state index < -0.39 is 0 Å². The molecule has 1 atom stereocenters. The van der Waals surface area contributed by atoms with Gasteiger partial charge in [0.1, 0.15) is 5.82 Å². The Labute approximate surface area is 128 Å². The Kier molecular flexibility index (Phi) is 5.41. The lowest BCUT2D eigenvalue weighted by atomic mass is 9.98. The van der Waals surface area contributed by atoms with E-state index in [1.165, 1.54) is 12.1 Å². The third-order valence-corrected chi connectivity index (χ3v) is 3.73. The number of rotatable bonds is 5. The summed E-state index contributed by atoms with van der Waals surface area (Å²) in [5.74, 6) is -0.318. The third kappa shape index (κ3) is 3.95. The van der Waals surface area contributed by atoms with Crippen LogP contribution >= 0.6 is 23.2 Å². The average Bonchev–Trinajstić information content (AvgIpc) is 2.41. The topological polar surface area (TPSA) is 12.0 Å². The maximum absolute atomic E-state index is 13.1. The first-order valence-corrected chi connectivity index (χ1v) is 7.28. The van der Waals surface area contributed by atoms with Crippen molar-refractivity contribution >= 4 is 23.2 Å². The van der Waals surface area contributed by atoms with Crippen molar-refractivity contribution in [1.29, 1.82) is 0 Å². The zero-order valence-corrected chi connectivity index (χ0v) is 12.7. The molecule has 106 valence electrons. The second-order valence-corrected chi connectivity index (χ2v) is 5.45. The van der Waals surface area contributed by atoms with Crippen molar-refractivity contribution in [3.8, 4) is 0 Å². The molecule has 0 aliphatic rings. The van der Waals surface area contributed by atoms with Crippen molar-refractivity contribution in [3.05, 3.63) is 69.5 Å². The summed E-state index contributed by atoms with van der Waals surface area (Å²) in [7, 11) is 0. The molecule has 20 heavy (non-hydrogen) atoms. The Morgan fingerprint density at radius 2 is 1.95 bits per heavy atom. The molecule has 0 amide bonds. The van der Waals surface area contributed by atoms with E-state index in [4.69, 9.17) is 23.2 Å². The van der Waals surface area contributed by atoms with Gasteiger partial charge in [-0.15, -0.1) is 0 Å². The van der Waals surface area contributed by atoms with E-state index in [-0.39, 0.29) is 11.9 Å². The summed E-state index contributed by atoms with van der Waals surface area (Å²) < 4.78 is 13.1. The molecule has 2 rings (SSSR count). The number of likely N-dealkylation sites (N-methyl/N-ethyl adjacent to an activating group) is 1. The predicted molar refractivity (Wildman–Crippen MR) is 83.0 cm³/mol. The van der Waals surface area contributed by atoms with Gasteiger partial charge >= 0.3 is 0 Å². The number of nitrogens with one attached hydrogen (secondary N) is 1. The number of halogens is 3. The van der Waals surface area contributed by atoms with E-state index >= 15 is 0 Å². The summed E-state index contributed by atoms with van der Waals surface area (Å²) in [5, 5.41) is 4.56. The highest BCUT2D eigenvalue weighted by molar-refractivity contribution is 6.31. The van der Waals surface area contributed by atoms with Crippen LogP contribution in [0.5, 0.6) is 0 Å². The van der Waals surface area contributed by atoms with E-state index in [9.17, 15) is 4.39 Å². The highest BCUT2D eigenvalue weighted by atomic mass is 35.5. The van der Waals surface area contributed by atoms with Crippen LogP contribution in [-0.4, -0.2) is 6.54 Å². The molecule has 2 aromatic rings. The molecular formula is C16H16Cl2FN. The fourth-order valence-electron chi connectivity index (χ4n) is 2.18. The molecule has 0 fully saturated rings. The molecule has 1 nitrogen and oxygen atoms in total. The zero-order valence-electron chi connectivity index (χ0n) is 11.2. The minimum atomic E-state index is -0.318. The summed E-state index contributed by atoms with van der Waals surface area (Å²) in [6, 6.07) is 12.3. The smallest absolute Gasteiger partial charge is 0.124 e.